The molecule has 0 radical (unpaired) electrons. The zero-order valence-electron chi connectivity index (χ0n) is 14.0. The highest BCUT2D eigenvalue weighted by molar-refractivity contribution is 7.99. The van der Waals surface area contributed by atoms with E-state index < -0.39 is 0 Å². The zero-order chi connectivity index (χ0) is 18.2. The second kappa shape index (κ2) is 9.06. The Kier molecular flexibility index (Phi) is 6.28. The van der Waals surface area contributed by atoms with E-state index in [0.29, 0.717) is 28.7 Å². The fourth-order valence-electron chi connectivity index (χ4n) is 2.30. The van der Waals surface area contributed by atoms with Gasteiger partial charge in [0, 0.05) is 5.75 Å². The van der Waals surface area contributed by atoms with Gasteiger partial charge in [-0.05, 0) is 42.0 Å². The minimum atomic E-state index is -0.258. The molecule has 0 aliphatic carbocycles. The SMILES string of the molecule is O=C(CSCc1ccc(F)cc1)Nc1ccccc1Oc1ccccc1. The third kappa shape index (κ3) is 5.36. The second-order valence-corrected chi connectivity index (χ2v) is 6.56. The van der Waals surface area contributed by atoms with Gasteiger partial charge in [0.2, 0.25) is 5.91 Å². The van der Waals surface area contributed by atoms with E-state index in [9.17, 15) is 9.18 Å². The molecule has 0 aliphatic rings. The van der Waals surface area contributed by atoms with Crippen molar-refractivity contribution in [1.82, 2.24) is 0 Å². The molecule has 0 heterocycles. The third-order valence-electron chi connectivity index (χ3n) is 3.55. The Balaban J connectivity index is 1.55. The number of hydrogen-bond acceptors (Lipinski definition) is 3. The molecule has 0 bridgehead atoms. The van der Waals surface area contributed by atoms with Crippen LogP contribution in [0, 0.1) is 5.82 Å². The molecule has 0 spiro atoms. The summed E-state index contributed by atoms with van der Waals surface area (Å²) in [5.74, 6) is 1.88. The highest BCUT2D eigenvalue weighted by Crippen LogP contribution is 2.29. The van der Waals surface area contributed by atoms with E-state index in [1.807, 2.05) is 48.5 Å². The van der Waals surface area contributed by atoms with Crippen molar-refractivity contribution in [3.8, 4) is 11.5 Å². The molecule has 3 aromatic carbocycles. The number of carbonyl (C=O) groups excluding carboxylic acids is 1. The van der Waals surface area contributed by atoms with E-state index in [1.54, 1.807) is 18.2 Å². The van der Waals surface area contributed by atoms with Gasteiger partial charge in [-0.25, -0.2) is 4.39 Å². The standard InChI is InChI=1S/C21H18FNO2S/c22-17-12-10-16(11-13-17)14-26-15-21(24)23-19-8-4-5-9-20(19)25-18-6-2-1-3-7-18/h1-13H,14-15H2,(H,23,24). The van der Waals surface area contributed by atoms with Gasteiger partial charge in [-0.2, -0.15) is 0 Å². The average molecular weight is 367 g/mol. The van der Waals surface area contributed by atoms with Crippen molar-refractivity contribution in [3.63, 3.8) is 0 Å². The van der Waals surface area contributed by atoms with Crippen LogP contribution in [0.25, 0.3) is 0 Å². The van der Waals surface area contributed by atoms with Gasteiger partial charge in [-0.15, -0.1) is 11.8 Å². The van der Waals surface area contributed by atoms with Crippen LogP contribution in [0.2, 0.25) is 0 Å². The van der Waals surface area contributed by atoms with Crippen molar-refractivity contribution < 1.29 is 13.9 Å². The number of hydrogen-bond donors (Lipinski definition) is 1. The van der Waals surface area contributed by atoms with E-state index in [4.69, 9.17) is 4.74 Å². The van der Waals surface area contributed by atoms with E-state index in [1.165, 1.54) is 23.9 Å². The summed E-state index contributed by atoms with van der Waals surface area (Å²) in [6, 6.07) is 23.0. The van der Waals surface area contributed by atoms with Crippen molar-refractivity contribution in [2.24, 2.45) is 0 Å². The molecule has 5 heteroatoms. The van der Waals surface area contributed by atoms with Crippen molar-refractivity contribution in [1.29, 1.82) is 0 Å². The minimum absolute atomic E-state index is 0.110. The van der Waals surface area contributed by atoms with E-state index in [-0.39, 0.29) is 11.7 Å². The predicted octanol–water partition coefficient (Wildman–Crippen LogP) is 5.49. The van der Waals surface area contributed by atoms with Crippen LogP contribution in [0.4, 0.5) is 10.1 Å². The van der Waals surface area contributed by atoms with Crippen LogP contribution in [-0.4, -0.2) is 11.7 Å². The molecule has 0 aromatic heterocycles. The van der Waals surface area contributed by atoms with Gasteiger partial charge >= 0.3 is 0 Å². The molecule has 3 nitrogen and oxygen atoms in total. The first-order chi connectivity index (χ1) is 12.7. The summed E-state index contributed by atoms with van der Waals surface area (Å²) in [4.78, 5) is 12.2. The van der Waals surface area contributed by atoms with Crippen LogP contribution >= 0.6 is 11.8 Å². The number of thioether (sulfide) groups is 1. The minimum Gasteiger partial charge on any atom is -0.455 e. The summed E-state index contributed by atoms with van der Waals surface area (Å²) >= 11 is 1.47. The van der Waals surface area contributed by atoms with Crippen molar-refractivity contribution >= 4 is 23.4 Å². The molecule has 0 saturated heterocycles. The number of carbonyl (C=O) groups is 1. The van der Waals surface area contributed by atoms with Crippen LogP contribution in [-0.2, 0) is 10.5 Å². The molecule has 132 valence electrons. The van der Waals surface area contributed by atoms with Crippen LogP contribution in [0.3, 0.4) is 0 Å². The molecule has 0 atom stereocenters. The maximum absolute atomic E-state index is 12.9. The molecule has 0 fully saturated rings. The van der Waals surface area contributed by atoms with E-state index in [0.717, 1.165) is 5.56 Å². The first kappa shape index (κ1) is 18.0. The van der Waals surface area contributed by atoms with E-state index in [2.05, 4.69) is 5.32 Å². The number of para-hydroxylation sites is 3. The number of halogens is 1. The Hall–Kier alpha value is -2.79. The number of amides is 1. The normalized spacial score (nSPS) is 10.3. The Labute approximate surface area is 156 Å². The molecule has 3 rings (SSSR count). The summed E-state index contributed by atoms with van der Waals surface area (Å²) in [5, 5.41) is 2.88. The molecule has 26 heavy (non-hydrogen) atoms. The Morgan fingerprint density at radius 1 is 0.923 bits per heavy atom. The Morgan fingerprint density at radius 2 is 1.62 bits per heavy atom. The number of rotatable bonds is 7. The van der Waals surface area contributed by atoms with Gasteiger partial charge in [0.25, 0.3) is 0 Å². The number of benzene rings is 3. The molecule has 1 amide bonds. The fourth-order valence-corrected chi connectivity index (χ4v) is 3.09. The maximum Gasteiger partial charge on any atom is 0.234 e. The molecule has 1 N–H and O–H groups in total. The largest absolute Gasteiger partial charge is 0.455 e. The smallest absolute Gasteiger partial charge is 0.234 e. The Bertz CT molecular complexity index is 853. The van der Waals surface area contributed by atoms with Crippen LogP contribution in [0.5, 0.6) is 11.5 Å². The maximum atomic E-state index is 12.9. The summed E-state index contributed by atoms with van der Waals surface area (Å²) in [6.07, 6.45) is 0. The quantitative estimate of drug-likeness (QED) is 0.600. The monoisotopic (exact) mass is 367 g/mol. The molecule has 3 aromatic rings. The van der Waals surface area contributed by atoms with Crippen LogP contribution in [0.15, 0.2) is 78.9 Å². The van der Waals surface area contributed by atoms with Gasteiger partial charge in [-0.1, -0.05) is 42.5 Å². The van der Waals surface area contributed by atoms with Crippen molar-refractivity contribution in [2.75, 3.05) is 11.1 Å². The average Bonchev–Trinajstić information content (AvgIpc) is 2.66. The number of ether oxygens (including phenoxy) is 1. The first-order valence-corrected chi connectivity index (χ1v) is 9.30. The molecule has 0 unspecified atom stereocenters. The molecular formula is C21H18FNO2S. The second-order valence-electron chi connectivity index (χ2n) is 5.58. The lowest BCUT2D eigenvalue weighted by Crippen LogP contribution is -2.14. The third-order valence-corrected chi connectivity index (χ3v) is 4.55. The van der Waals surface area contributed by atoms with Crippen molar-refractivity contribution in [2.45, 2.75) is 5.75 Å². The lowest BCUT2D eigenvalue weighted by atomic mass is 10.2. The predicted molar refractivity (Wildman–Crippen MR) is 104 cm³/mol. The summed E-state index contributed by atoms with van der Waals surface area (Å²) < 4.78 is 18.7. The number of anilines is 1. The summed E-state index contributed by atoms with van der Waals surface area (Å²) in [6.45, 7) is 0. The van der Waals surface area contributed by atoms with Gasteiger partial charge < -0.3 is 10.1 Å². The highest BCUT2D eigenvalue weighted by atomic mass is 32.2. The molecular weight excluding hydrogens is 349 g/mol. The van der Waals surface area contributed by atoms with E-state index >= 15 is 0 Å². The number of nitrogens with one attached hydrogen (secondary N) is 1. The topological polar surface area (TPSA) is 38.3 Å². The van der Waals surface area contributed by atoms with Gasteiger partial charge in [0.15, 0.2) is 5.75 Å². The zero-order valence-corrected chi connectivity index (χ0v) is 14.8. The van der Waals surface area contributed by atoms with Crippen LogP contribution in [0.1, 0.15) is 5.56 Å². The highest BCUT2D eigenvalue weighted by Gasteiger charge is 2.09. The fraction of sp³-hybridized carbons (Fsp3) is 0.0952. The van der Waals surface area contributed by atoms with Crippen LogP contribution < -0.4 is 10.1 Å². The summed E-state index contributed by atoms with van der Waals surface area (Å²) in [7, 11) is 0. The molecule has 0 aliphatic heterocycles. The van der Waals surface area contributed by atoms with Gasteiger partial charge in [0.1, 0.15) is 11.6 Å². The van der Waals surface area contributed by atoms with Crippen molar-refractivity contribution in [3.05, 3.63) is 90.2 Å². The Morgan fingerprint density at radius 3 is 2.38 bits per heavy atom. The lowest BCUT2D eigenvalue weighted by molar-refractivity contribution is -0.113. The first-order valence-electron chi connectivity index (χ1n) is 8.15. The van der Waals surface area contributed by atoms with Gasteiger partial charge in [0.05, 0.1) is 11.4 Å². The molecule has 0 saturated carbocycles. The van der Waals surface area contributed by atoms with Gasteiger partial charge in [-0.3, -0.25) is 4.79 Å². The summed E-state index contributed by atoms with van der Waals surface area (Å²) in [5.41, 5.74) is 1.61. The lowest BCUT2D eigenvalue weighted by Gasteiger charge is -2.12.